The van der Waals surface area contributed by atoms with Crippen LogP contribution < -0.4 is 16.1 Å². The van der Waals surface area contributed by atoms with Crippen LogP contribution in [0.4, 0.5) is 0 Å². The molecule has 0 aromatic heterocycles. The van der Waals surface area contributed by atoms with Crippen LogP contribution >= 0.6 is 0 Å². The molecular weight excluding hydrogens is 418 g/mol. The van der Waals surface area contributed by atoms with Crippen LogP contribution in [0.5, 0.6) is 0 Å². The van der Waals surface area contributed by atoms with E-state index in [0.29, 0.717) is 19.6 Å². The molecule has 176 valence electrons. The molecule has 33 heavy (non-hydrogen) atoms. The smallest absolute Gasteiger partial charge is 0.320 e. The summed E-state index contributed by atoms with van der Waals surface area (Å²) in [6.45, 7) is 1.94. The Bertz CT molecular complexity index is 937. The highest BCUT2D eigenvalue weighted by atomic mass is 16.5. The first kappa shape index (κ1) is 24.6. The van der Waals surface area contributed by atoms with Crippen molar-refractivity contribution in [1.29, 1.82) is 0 Å². The minimum absolute atomic E-state index is 0.223. The fourth-order valence-electron chi connectivity index (χ4n) is 4.29. The summed E-state index contributed by atoms with van der Waals surface area (Å²) in [4.78, 5) is 22.8. The van der Waals surface area contributed by atoms with Crippen molar-refractivity contribution in [2.24, 2.45) is 5.92 Å². The number of carboxylic acid groups (broad SMARTS) is 1. The topological polar surface area (TPSA) is 111 Å². The molecule has 1 amide bonds. The van der Waals surface area contributed by atoms with Crippen LogP contribution in [0.1, 0.15) is 54.4 Å². The molecule has 0 saturated heterocycles. The van der Waals surface area contributed by atoms with Gasteiger partial charge >= 0.3 is 5.97 Å². The molecule has 0 heterocycles. The summed E-state index contributed by atoms with van der Waals surface area (Å²) >= 11 is 0. The number of benzene rings is 2. The van der Waals surface area contributed by atoms with Crippen molar-refractivity contribution in [3.05, 3.63) is 76.9 Å². The predicted molar refractivity (Wildman–Crippen MR) is 127 cm³/mol. The lowest BCUT2D eigenvalue weighted by Crippen LogP contribution is -2.43. The van der Waals surface area contributed by atoms with E-state index < -0.39 is 17.9 Å². The first-order valence-electron chi connectivity index (χ1n) is 11.5. The Morgan fingerprint density at radius 2 is 1.61 bits per heavy atom. The van der Waals surface area contributed by atoms with E-state index in [1.54, 1.807) is 11.6 Å². The summed E-state index contributed by atoms with van der Waals surface area (Å²) in [5.74, 6) is -1.09. The van der Waals surface area contributed by atoms with E-state index in [1.165, 1.54) is 12.5 Å². The van der Waals surface area contributed by atoms with E-state index in [1.807, 2.05) is 36.4 Å². The summed E-state index contributed by atoms with van der Waals surface area (Å²) in [7, 11) is 0. The van der Waals surface area contributed by atoms with Gasteiger partial charge in [-0.1, -0.05) is 67.8 Å². The first-order valence-corrected chi connectivity index (χ1v) is 11.5. The molecule has 1 aliphatic carbocycles. The van der Waals surface area contributed by atoms with Gasteiger partial charge in [0.25, 0.3) is 5.91 Å². The van der Waals surface area contributed by atoms with Gasteiger partial charge < -0.3 is 15.7 Å². The molecule has 1 fully saturated rings. The summed E-state index contributed by atoms with van der Waals surface area (Å²) in [5.41, 5.74) is 5.76. The largest absolute Gasteiger partial charge is 0.480 e. The first-order chi connectivity index (χ1) is 16.0. The fraction of sp³-hybridized carbons (Fsp3) is 0.385. The molecule has 3 rings (SSSR count). The number of carbonyl (C=O) groups excluding carboxylic acids is 1. The number of aliphatic carboxylic acids is 1. The Morgan fingerprint density at radius 1 is 0.939 bits per heavy atom. The number of amides is 1. The van der Waals surface area contributed by atoms with Crippen molar-refractivity contribution in [2.45, 2.75) is 57.8 Å². The van der Waals surface area contributed by atoms with Crippen LogP contribution in [-0.2, 0) is 29.2 Å². The van der Waals surface area contributed by atoms with Crippen LogP contribution in [0.25, 0.3) is 6.08 Å². The van der Waals surface area contributed by atoms with Gasteiger partial charge in [-0.15, -0.1) is 0 Å². The van der Waals surface area contributed by atoms with E-state index in [4.69, 9.17) is 5.21 Å². The van der Waals surface area contributed by atoms with Gasteiger partial charge in [0.05, 0.1) is 0 Å². The number of hydrogen-bond donors (Lipinski definition) is 5. The third-order valence-corrected chi connectivity index (χ3v) is 6.08. The normalized spacial score (nSPS) is 15.4. The van der Waals surface area contributed by atoms with Crippen molar-refractivity contribution < 1.29 is 19.9 Å². The van der Waals surface area contributed by atoms with Gasteiger partial charge in [-0.25, -0.2) is 5.48 Å². The molecule has 1 aliphatic rings. The third-order valence-electron chi connectivity index (χ3n) is 6.08. The maximum absolute atomic E-state index is 11.7. The lowest BCUT2D eigenvalue weighted by molar-refractivity contribution is -0.141. The average molecular weight is 452 g/mol. The van der Waals surface area contributed by atoms with E-state index in [0.717, 1.165) is 47.9 Å². The lowest BCUT2D eigenvalue weighted by atomic mass is 9.84. The van der Waals surface area contributed by atoms with Gasteiger partial charge in [-0.05, 0) is 47.1 Å². The maximum Gasteiger partial charge on any atom is 0.320 e. The minimum Gasteiger partial charge on any atom is -0.480 e. The van der Waals surface area contributed by atoms with Gasteiger partial charge in [-0.2, -0.15) is 0 Å². The molecule has 2 aromatic rings. The van der Waals surface area contributed by atoms with Gasteiger partial charge in [-0.3, -0.25) is 14.8 Å². The van der Waals surface area contributed by atoms with Crippen molar-refractivity contribution in [3.63, 3.8) is 0 Å². The summed E-state index contributed by atoms with van der Waals surface area (Å²) in [6, 6.07) is 15.5. The van der Waals surface area contributed by atoms with Crippen LogP contribution in [0.15, 0.2) is 54.6 Å². The number of hydrogen-bond acceptors (Lipinski definition) is 5. The quantitative estimate of drug-likeness (QED) is 0.203. The van der Waals surface area contributed by atoms with Gasteiger partial charge in [0, 0.05) is 25.7 Å². The zero-order valence-corrected chi connectivity index (χ0v) is 18.8. The Morgan fingerprint density at radius 3 is 2.27 bits per heavy atom. The summed E-state index contributed by atoms with van der Waals surface area (Å²) in [6.07, 6.45) is 8.36. The van der Waals surface area contributed by atoms with Crippen LogP contribution in [0, 0.1) is 5.92 Å². The molecule has 0 unspecified atom stereocenters. The highest BCUT2D eigenvalue weighted by molar-refractivity contribution is 5.90. The Hall–Kier alpha value is -3.00. The molecular formula is C26H33N3O4. The third kappa shape index (κ3) is 8.13. The highest BCUT2D eigenvalue weighted by Gasteiger charge is 2.28. The number of rotatable bonds is 11. The minimum atomic E-state index is -0.751. The average Bonchev–Trinajstić information content (AvgIpc) is 2.84. The Kier molecular flexibility index (Phi) is 9.62. The molecule has 5 N–H and O–H groups in total. The van der Waals surface area contributed by atoms with Gasteiger partial charge in [0.1, 0.15) is 6.04 Å². The second-order valence-corrected chi connectivity index (χ2v) is 8.57. The van der Waals surface area contributed by atoms with Crippen LogP contribution in [0.2, 0.25) is 0 Å². The number of nitrogens with one attached hydrogen (secondary N) is 3. The second-order valence-electron chi connectivity index (χ2n) is 8.57. The predicted octanol–water partition coefficient (Wildman–Crippen LogP) is 3.62. The zero-order chi connectivity index (χ0) is 23.5. The maximum atomic E-state index is 11.7. The Labute approximate surface area is 194 Å². The molecule has 0 spiro atoms. The van der Waals surface area contributed by atoms with Gasteiger partial charge in [0.2, 0.25) is 0 Å². The molecule has 0 bridgehead atoms. The molecule has 1 saturated carbocycles. The van der Waals surface area contributed by atoms with E-state index in [2.05, 4.69) is 22.8 Å². The monoisotopic (exact) mass is 451 g/mol. The SMILES string of the molecule is O=C(/C=C/c1cccc(CNCc2ccc(CN[C@H](C(=O)O)C3CCCCC3)cc2)c1)NO. The zero-order valence-electron chi connectivity index (χ0n) is 18.8. The second kappa shape index (κ2) is 12.9. The van der Waals surface area contributed by atoms with Crippen LogP contribution in [-0.4, -0.2) is 28.2 Å². The number of carboxylic acids is 1. The number of carbonyl (C=O) groups is 2. The van der Waals surface area contributed by atoms with Gasteiger partial charge in [0.15, 0.2) is 0 Å². The molecule has 0 aliphatic heterocycles. The molecule has 7 heteroatoms. The number of hydroxylamine groups is 1. The van der Waals surface area contributed by atoms with Crippen molar-refractivity contribution in [2.75, 3.05) is 0 Å². The van der Waals surface area contributed by atoms with E-state index >= 15 is 0 Å². The standard InChI is InChI=1S/C26H33N3O4/c30-24(29-33)14-13-19-5-4-6-22(15-19)17-27-16-20-9-11-21(12-10-20)18-28-25(26(31)32)23-7-2-1-3-8-23/h4-6,9-15,23,25,27-28,33H,1-3,7-8,16-18H2,(H,29,30)(H,31,32)/b14-13+/t25-/m0/s1. The van der Waals surface area contributed by atoms with Crippen molar-refractivity contribution >= 4 is 18.0 Å². The van der Waals surface area contributed by atoms with Crippen LogP contribution in [0.3, 0.4) is 0 Å². The summed E-state index contributed by atoms with van der Waals surface area (Å²) in [5, 5.41) is 24.8. The van der Waals surface area contributed by atoms with Crippen molar-refractivity contribution in [1.82, 2.24) is 16.1 Å². The lowest BCUT2D eigenvalue weighted by Gasteiger charge is -2.28. The Balaban J connectivity index is 1.45. The molecule has 0 radical (unpaired) electrons. The highest BCUT2D eigenvalue weighted by Crippen LogP contribution is 2.26. The molecule has 2 aromatic carbocycles. The molecule has 1 atom stereocenters. The van der Waals surface area contributed by atoms with Crippen molar-refractivity contribution in [3.8, 4) is 0 Å². The molecule has 7 nitrogen and oxygen atoms in total. The fourth-order valence-corrected chi connectivity index (χ4v) is 4.29. The van der Waals surface area contributed by atoms with E-state index in [-0.39, 0.29) is 5.92 Å². The summed E-state index contributed by atoms with van der Waals surface area (Å²) < 4.78 is 0. The van der Waals surface area contributed by atoms with E-state index in [9.17, 15) is 14.7 Å².